The molecule has 5 heteroatoms. The Hall–Kier alpha value is -3.21. The van der Waals surface area contributed by atoms with E-state index in [9.17, 15) is 4.79 Å². The van der Waals surface area contributed by atoms with E-state index in [1.54, 1.807) is 49.4 Å². The van der Waals surface area contributed by atoms with Crippen LogP contribution >= 0.6 is 0 Å². The Kier molecular flexibility index (Phi) is 5.04. The van der Waals surface area contributed by atoms with Gasteiger partial charge in [-0.05, 0) is 41.4 Å². The Morgan fingerprint density at radius 2 is 1.76 bits per heavy atom. The summed E-state index contributed by atoms with van der Waals surface area (Å²) in [6, 6.07) is 16.7. The van der Waals surface area contributed by atoms with Gasteiger partial charge < -0.3 is 9.47 Å². The van der Waals surface area contributed by atoms with Crippen molar-refractivity contribution in [3.8, 4) is 22.8 Å². The van der Waals surface area contributed by atoms with Gasteiger partial charge in [-0.1, -0.05) is 12.1 Å². The van der Waals surface area contributed by atoms with Crippen LogP contribution in [0.5, 0.6) is 11.5 Å². The van der Waals surface area contributed by atoms with E-state index in [0.29, 0.717) is 5.56 Å². The van der Waals surface area contributed by atoms with Crippen LogP contribution in [0.25, 0.3) is 11.3 Å². The Morgan fingerprint density at radius 3 is 2.40 bits per heavy atom. The van der Waals surface area contributed by atoms with E-state index >= 15 is 0 Å². The van der Waals surface area contributed by atoms with Gasteiger partial charge in [-0.3, -0.25) is 4.79 Å². The van der Waals surface area contributed by atoms with Gasteiger partial charge in [0, 0.05) is 17.2 Å². The zero-order valence-electron chi connectivity index (χ0n) is 14.2. The first-order valence-electron chi connectivity index (χ1n) is 7.86. The first kappa shape index (κ1) is 16.6. The van der Waals surface area contributed by atoms with Crippen molar-refractivity contribution < 1.29 is 18.8 Å². The summed E-state index contributed by atoms with van der Waals surface area (Å²) in [5.41, 5.74) is 2.44. The summed E-state index contributed by atoms with van der Waals surface area (Å²) >= 11 is 0. The number of ketones is 1. The van der Waals surface area contributed by atoms with Gasteiger partial charge in [0.1, 0.15) is 11.5 Å². The van der Waals surface area contributed by atoms with Gasteiger partial charge in [0.15, 0.2) is 12.2 Å². The fraction of sp³-hybridized carbons (Fsp3) is 0.150. The fourth-order valence-corrected chi connectivity index (χ4v) is 2.46. The third-order valence-electron chi connectivity index (χ3n) is 3.87. The smallest absolute Gasteiger partial charge is 0.287 e. The lowest BCUT2D eigenvalue weighted by Gasteiger charge is -2.03. The molecule has 5 nitrogen and oxygen atoms in total. The van der Waals surface area contributed by atoms with Gasteiger partial charge in [0.2, 0.25) is 5.78 Å². The van der Waals surface area contributed by atoms with Crippen LogP contribution < -0.4 is 14.0 Å². The lowest BCUT2D eigenvalue weighted by atomic mass is 10.1. The van der Waals surface area contributed by atoms with E-state index in [-0.39, 0.29) is 12.3 Å². The van der Waals surface area contributed by atoms with Crippen LogP contribution in [0.4, 0.5) is 0 Å². The number of carbonyl (C=O) groups excluding carboxylic acids is 1. The number of carbonyl (C=O) groups is 1. The highest BCUT2D eigenvalue weighted by atomic mass is 16.5. The van der Waals surface area contributed by atoms with Gasteiger partial charge in [-0.2, -0.15) is 0 Å². The molecule has 0 saturated carbocycles. The molecule has 0 radical (unpaired) electrons. The maximum absolute atomic E-state index is 12.3. The van der Waals surface area contributed by atoms with Crippen molar-refractivity contribution in [1.29, 1.82) is 0 Å². The molecule has 0 spiro atoms. The molecular formula is C20H19N2O3+. The molecule has 1 aromatic heterocycles. The first-order valence-corrected chi connectivity index (χ1v) is 7.86. The molecule has 0 aliphatic rings. The third kappa shape index (κ3) is 4.01. The molecule has 1 heterocycles. The molecule has 0 saturated heterocycles. The van der Waals surface area contributed by atoms with Gasteiger partial charge in [-0.25, -0.2) is 4.57 Å². The average molecular weight is 335 g/mol. The predicted molar refractivity (Wildman–Crippen MR) is 93.7 cm³/mol. The SMILES string of the molecule is COc1ccc(C(=O)C[n+]2ccc(-c3cccc(OC)c3)nc2)cc1. The fourth-order valence-electron chi connectivity index (χ4n) is 2.46. The molecule has 0 bridgehead atoms. The highest BCUT2D eigenvalue weighted by Crippen LogP contribution is 2.21. The molecule has 0 unspecified atom stereocenters. The molecule has 0 N–H and O–H groups in total. The summed E-state index contributed by atoms with van der Waals surface area (Å²) in [5, 5.41) is 0. The summed E-state index contributed by atoms with van der Waals surface area (Å²) in [6.07, 6.45) is 3.51. The second-order valence-corrected chi connectivity index (χ2v) is 5.50. The van der Waals surface area contributed by atoms with Crippen LogP contribution in [0.3, 0.4) is 0 Å². The molecule has 2 aromatic carbocycles. The van der Waals surface area contributed by atoms with Crippen LogP contribution in [0, 0.1) is 0 Å². The predicted octanol–water partition coefficient (Wildman–Crippen LogP) is 2.94. The number of Topliss-reactive ketones (excluding diaryl/α,β-unsaturated/α-hetero) is 1. The summed E-state index contributed by atoms with van der Waals surface area (Å²) in [6.45, 7) is 0.234. The van der Waals surface area contributed by atoms with E-state index in [1.165, 1.54) is 0 Å². The molecule has 0 fully saturated rings. The number of hydrogen-bond acceptors (Lipinski definition) is 4. The Morgan fingerprint density at radius 1 is 1.00 bits per heavy atom. The maximum Gasteiger partial charge on any atom is 0.287 e. The quantitative estimate of drug-likeness (QED) is 0.513. The van der Waals surface area contributed by atoms with Gasteiger partial charge in [0.25, 0.3) is 6.33 Å². The van der Waals surface area contributed by atoms with Crippen LogP contribution in [-0.2, 0) is 6.54 Å². The number of aromatic nitrogens is 2. The highest BCUT2D eigenvalue weighted by Gasteiger charge is 2.12. The molecule has 0 amide bonds. The minimum absolute atomic E-state index is 0.0172. The Bertz CT molecular complexity index is 859. The second kappa shape index (κ2) is 7.57. The molecule has 0 aliphatic carbocycles. The van der Waals surface area contributed by atoms with E-state index in [4.69, 9.17) is 9.47 Å². The number of ether oxygens (including phenoxy) is 2. The zero-order valence-corrected chi connectivity index (χ0v) is 14.2. The summed E-state index contributed by atoms with van der Waals surface area (Å²) in [5.74, 6) is 1.53. The molecule has 0 aliphatic heterocycles. The first-order chi connectivity index (χ1) is 12.2. The van der Waals surface area contributed by atoms with E-state index in [1.807, 2.05) is 36.5 Å². The van der Waals surface area contributed by atoms with Crippen molar-refractivity contribution in [2.24, 2.45) is 0 Å². The Balaban J connectivity index is 1.72. The van der Waals surface area contributed by atoms with Gasteiger partial charge >= 0.3 is 0 Å². The molecular weight excluding hydrogens is 316 g/mol. The summed E-state index contributed by atoms with van der Waals surface area (Å²) < 4.78 is 12.1. The zero-order chi connectivity index (χ0) is 17.6. The minimum Gasteiger partial charge on any atom is -0.497 e. The second-order valence-electron chi connectivity index (χ2n) is 5.50. The van der Waals surface area contributed by atoms with Crippen molar-refractivity contribution in [3.63, 3.8) is 0 Å². The van der Waals surface area contributed by atoms with Crippen molar-refractivity contribution in [2.45, 2.75) is 6.54 Å². The topological polar surface area (TPSA) is 52.3 Å². The van der Waals surface area contributed by atoms with Crippen molar-refractivity contribution in [1.82, 2.24) is 4.98 Å². The number of rotatable bonds is 6. The molecule has 25 heavy (non-hydrogen) atoms. The van der Waals surface area contributed by atoms with Gasteiger partial charge in [-0.15, -0.1) is 0 Å². The molecule has 3 aromatic rings. The maximum atomic E-state index is 12.3. The molecule has 3 rings (SSSR count). The average Bonchev–Trinajstić information content (AvgIpc) is 2.68. The largest absolute Gasteiger partial charge is 0.497 e. The number of benzene rings is 2. The van der Waals surface area contributed by atoms with Gasteiger partial charge in [0.05, 0.1) is 20.4 Å². The number of methoxy groups -OCH3 is 2. The standard InChI is InChI=1S/C20H19N2O3/c1-24-17-8-6-15(7-9-17)20(23)13-22-11-10-19(21-14-22)16-4-3-5-18(12-16)25-2/h3-12,14H,13H2,1-2H3/q+1. The normalized spacial score (nSPS) is 10.3. The monoisotopic (exact) mass is 335 g/mol. The molecule has 0 atom stereocenters. The highest BCUT2D eigenvalue weighted by molar-refractivity contribution is 5.95. The van der Waals surface area contributed by atoms with Crippen LogP contribution in [0.15, 0.2) is 67.1 Å². The van der Waals surface area contributed by atoms with Crippen molar-refractivity contribution >= 4 is 5.78 Å². The van der Waals surface area contributed by atoms with Crippen LogP contribution in [0.2, 0.25) is 0 Å². The lowest BCUT2D eigenvalue weighted by Crippen LogP contribution is -2.37. The summed E-state index contributed by atoms with van der Waals surface area (Å²) in [7, 11) is 3.23. The van der Waals surface area contributed by atoms with Crippen LogP contribution in [-0.4, -0.2) is 25.0 Å². The third-order valence-corrected chi connectivity index (χ3v) is 3.87. The van der Waals surface area contributed by atoms with E-state index < -0.39 is 0 Å². The van der Waals surface area contributed by atoms with Crippen molar-refractivity contribution in [3.05, 3.63) is 72.7 Å². The van der Waals surface area contributed by atoms with E-state index in [2.05, 4.69) is 4.98 Å². The van der Waals surface area contributed by atoms with Crippen molar-refractivity contribution in [2.75, 3.05) is 14.2 Å². The van der Waals surface area contributed by atoms with E-state index in [0.717, 1.165) is 22.8 Å². The number of nitrogens with zero attached hydrogens (tertiary/aromatic N) is 2. The van der Waals surface area contributed by atoms with Crippen LogP contribution in [0.1, 0.15) is 10.4 Å². The molecule has 126 valence electrons. The number of hydrogen-bond donors (Lipinski definition) is 0. The minimum atomic E-state index is 0.0172. The Labute approximate surface area is 146 Å². The summed E-state index contributed by atoms with van der Waals surface area (Å²) in [4.78, 5) is 16.8. The lowest BCUT2D eigenvalue weighted by molar-refractivity contribution is -0.686.